The van der Waals surface area contributed by atoms with E-state index in [9.17, 15) is 9.90 Å². The van der Waals surface area contributed by atoms with Crippen molar-refractivity contribution in [1.29, 1.82) is 0 Å². The topological polar surface area (TPSA) is 57.5 Å². The van der Waals surface area contributed by atoms with Crippen LogP contribution in [0.15, 0.2) is 18.2 Å². The lowest BCUT2D eigenvalue weighted by atomic mass is 10.0. The summed E-state index contributed by atoms with van der Waals surface area (Å²) in [4.78, 5) is 10.3. The Labute approximate surface area is 83.0 Å². The fourth-order valence-electron chi connectivity index (χ4n) is 1.33. The van der Waals surface area contributed by atoms with E-state index in [1.54, 1.807) is 12.1 Å². The molecule has 0 saturated heterocycles. The van der Waals surface area contributed by atoms with E-state index in [0.717, 1.165) is 17.5 Å². The second-order valence-electron chi connectivity index (χ2n) is 3.21. The molecule has 0 aromatic heterocycles. The van der Waals surface area contributed by atoms with Crippen molar-refractivity contribution in [3.63, 3.8) is 0 Å². The third-order valence-corrected chi connectivity index (χ3v) is 2.15. The Kier molecular flexibility index (Phi) is 3.51. The number of phenolic OH excluding ortho intramolecular Hbond substituents is 1. The lowest BCUT2D eigenvalue weighted by Crippen LogP contribution is -1.97. The fourth-order valence-corrected chi connectivity index (χ4v) is 1.33. The monoisotopic (exact) mass is 194 g/mol. The molecule has 1 rings (SSSR count). The number of benzene rings is 1. The molecular weight excluding hydrogens is 180 g/mol. The van der Waals surface area contributed by atoms with Crippen molar-refractivity contribution < 1.29 is 15.0 Å². The zero-order valence-corrected chi connectivity index (χ0v) is 8.16. The fraction of sp³-hybridized carbons (Fsp3) is 0.364. The third kappa shape index (κ3) is 2.76. The van der Waals surface area contributed by atoms with Crippen LogP contribution in [0.1, 0.15) is 24.5 Å². The summed E-state index contributed by atoms with van der Waals surface area (Å²) in [6, 6.07) is 5.24. The van der Waals surface area contributed by atoms with E-state index < -0.39 is 5.97 Å². The van der Waals surface area contributed by atoms with Crippen molar-refractivity contribution in [3.05, 3.63) is 29.3 Å². The highest BCUT2D eigenvalue weighted by molar-refractivity contribution is 5.67. The van der Waals surface area contributed by atoms with Gasteiger partial charge in [-0.3, -0.25) is 4.79 Å². The quantitative estimate of drug-likeness (QED) is 0.770. The third-order valence-electron chi connectivity index (χ3n) is 2.15. The van der Waals surface area contributed by atoms with Gasteiger partial charge in [0.2, 0.25) is 0 Å². The van der Waals surface area contributed by atoms with Crippen LogP contribution < -0.4 is 0 Å². The second-order valence-corrected chi connectivity index (χ2v) is 3.21. The highest BCUT2D eigenvalue weighted by Crippen LogP contribution is 2.19. The van der Waals surface area contributed by atoms with E-state index in [2.05, 4.69) is 0 Å². The first kappa shape index (κ1) is 10.6. The highest BCUT2D eigenvalue weighted by Gasteiger charge is 2.02. The maximum atomic E-state index is 10.3. The minimum Gasteiger partial charge on any atom is -0.508 e. The van der Waals surface area contributed by atoms with Crippen LogP contribution in [0.4, 0.5) is 0 Å². The number of hydrogen-bond acceptors (Lipinski definition) is 2. The maximum Gasteiger partial charge on any atom is 0.303 e. The molecule has 1 aromatic carbocycles. The zero-order valence-electron chi connectivity index (χ0n) is 8.16. The molecule has 3 heteroatoms. The molecule has 1 aromatic rings. The Hall–Kier alpha value is -1.51. The summed E-state index contributed by atoms with van der Waals surface area (Å²) in [6.45, 7) is 1.95. The number of hydrogen-bond donors (Lipinski definition) is 2. The van der Waals surface area contributed by atoms with Crippen LogP contribution >= 0.6 is 0 Å². The van der Waals surface area contributed by atoms with Gasteiger partial charge in [0, 0.05) is 6.42 Å². The average Bonchev–Trinajstić information content (AvgIpc) is 2.16. The van der Waals surface area contributed by atoms with Crippen molar-refractivity contribution >= 4 is 5.97 Å². The van der Waals surface area contributed by atoms with Crippen LogP contribution in [0.2, 0.25) is 0 Å². The molecule has 0 saturated carbocycles. The molecule has 0 aliphatic carbocycles. The number of phenols is 1. The lowest BCUT2D eigenvalue weighted by Gasteiger charge is -2.04. The largest absolute Gasteiger partial charge is 0.508 e. The predicted molar refractivity (Wildman–Crippen MR) is 53.4 cm³/mol. The minimum atomic E-state index is -0.795. The molecule has 0 aliphatic rings. The van der Waals surface area contributed by atoms with Gasteiger partial charge >= 0.3 is 5.97 Å². The molecule has 76 valence electrons. The molecule has 0 radical (unpaired) electrons. The van der Waals surface area contributed by atoms with E-state index in [4.69, 9.17) is 5.11 Å². The number of carboxylic acids is 1. The van der Waals surface area contributed by atoms with Gasteiger partial charge in [-0.1, -0.05) is 19.1 Å². The molecule has 0 spiro atoms. The van der Waals surface area contributed by atoms with Gasteiger partial charge in [0.05, 0.1) is 0 Å². The Morgan fingerprint density at radius 2 is 2.14 bits per heavy atom. The van der Waals surface area contributed by atoms with Crippen molar-refractivity contribution in [2.24, 2.45) is 0 Å². The molecule has 0 bridgehead atoms. The number of carbonyl (C=O) groups is 1. The molecular formula is C11H14O3. The molecule has 0 amide bonds. The van der Waals surface area contributed by atoms with E-state index in [1.165, 1.54) is 0 Å². The Bertz CT molecular complexity index is 331. The van der Waals surface area contributed by atoms with E-state index in [-0.39, 0.29) is 12.2 Å². The van der Waals surface area contributed by atoms with Gasteiger partial charge < -0.3 is 10.2 Å². The summed E-state index contributed by atoms with van der Waals surface area (Å²) in [5, 5.41) is 17.9. The number of aryl methyl sites for hydroxylation is 2. The first-order chi connectivity index (χ1) is 6.63. The number of rotatable bonds is 4. The van der Waals surface area contributed by atoms with Crippen LogP contribution in [-0.2, 0) is 17.6 Å². The highest BCUT2D eigenvalue weighted by atomic mass is 16.4. The first-order valence-electron chi connectivity index (χ1n) is 4.66. The van der Waals surface area contributed by atoms with Crippen molar-refractivity contribution in [2.45, 2.75) is 26.2 Å². The van der Waals surface area contributed by atoms with E-state index in [0.29, 0.717) is 6.42 Å². The normalized spacial score (nSPS) is 10.1. The van der Waals surface area contributed by atoms with Crippen LogP contribution in [-0.4, -0.2) is 16.2 Å². The van der Waals surface area contributed by atoms with Gasteiger partial charge in [-0.2, -0.15) is 0 Å². The van der Waals surface area contributed by atoms with Crippen molar-refractivity contribution in [1.82, 2.24) is 0 Å². The molecule has 14 heavy (non-hydrogen) atoms. The summed E-state index contributed by atoms with van der Waals surface area (Å²) in [5.41, 5.74) is 1.83. The molecule has 2 N–H and O–H groups in total. The average molecular weight is 194 g/mol. The second kappa shape index (κ2) is 4.65. The summed E-state index contributed by atoms with van der Waals surface area (Å²) >= 11 is 0. The van der Waals surface area contributed by atoms with Crippen LogP contribution in [0.25, 0.3) is 0 Å². The number of carboxylic acid groups (broad SMARTS) is 1. The maximum absolute atomic E-state index is 10.3. The molecule has 0 fully saturated rings. The zero-order chi connectivity index (χ0) is 10.6. The minimum absolute atomic E-state index is 0.133. The summed E-state index contributed by atoms with van der Waals surface area (Å²) in [6.07, 6.45) is 1.41. The lowest BCUT2D eigenvalue weighted by molar-refractivity contribution is -0.136. The van der Waals surface area contributed by atoms with Crippen LogP contribution in [0, 0.1) is 0 Å². The number of aliphatic carboxylic acids is 1. The van der Waals surface area contributed by atoms with Crippen LogP contribution in [0.3, 0.4) is 0 Å². The molecule has 0 atom stereocenters. The predicted octanol–water partition coefficient (Wildman–Crippen LogP) is 1.97. The van der Waals surface area contributed by atoms with Gasteiger partial charge in [-0.15, -0.1) is 0 Å². The number of aromatic hydroxyl groups is 1. The molecule has 3 nitrogen and oxygen atoms in total. The van der Waals surface area contributed by atoms with Gasteiger partial charge in [-0.25, -0.2) is 0 Å². The van der Waals surface area contributed by atoms with Gasteiger partial charge in [-0.05, 0) is 30.0 Å². The first-order valence-corrected chi connectivity index (χ1v) is 4.66. The van der Waals surface area contributed by atoms with Gasteiger partial charge in [0.15, 0.2) is 0 Å². The summed E-state index contributed by atoms with van der Waals surface area (Å²) in [5.74, 6) is -0.511. The Morgan fingerprint density at radius 1 is 1.43 bits per heavy atom. The molecule has 0 aliphatic heterocycles. The smallest absolute Gasteiger partial charge is 0.303 e. The Balaban J connectivity index is 2.74. The standard InChI is InChI=1S/C11H14O3/c1-2-9-7-8(3-5-10(9)12)4-6-11(13)14/h3,5,7,12H,2,4,6H2,1H3,(H,13,14). The Morgan fingerprint density at radius 3 is 2.71 bits per heavy atom. The van der Waals surface area contributed by atoms with Gasteiger partial charge in [0.1, 0.15) is 5.75 Å². The molecule has 0 unspecified atom stereocenters. The van der Waals surface area contributed by atoms with Crippen molar-refractivity contribution in [2.75, 3.05) is 0 Å². The summed E-state index contributed by atoms with van der Waals surface area (Å²) < 4.78 is 0. The van der Waals surface area contributed by atoms with E-state index >= 15 is 0 Å². The SMILES string of the molecule is CCc1cc(CCC(=O)O)ccc1O. The van der Waals surface area contributed by atoms with E-state index in [1.807, 2.05) is 13.0 Å². The van der Waals surface area contributed by atoms with Gasteiger partial charge in [0.25, 0.3) is 0 Å². The molecule has 0 heterocycles. The van der Waals surface area contributed by atoms with Crippen molar-refractivity contribution in [3.8, 4) is 5.75 Å². The van der Waals surface area contributed by atoms with Crippen LogP contribution in [0.5, 0.6) is 5.75 Å². The summed E-state index contributed by atoms with van der Waals surface area (Å²) in [7, 11) is 0.